The average Bonchev–Trinajstić information content (AvgIpc) is 3.13. The first-order valence-corrected chi connectivity index (χ1v) is 12.3. The van der Waals surface area contributed by atoms with Gasteiger partial charge in [0.15, 0.2) is 0 Å². The largest absolute Gasteiger partial charge is 0.481 e. The van der Waals surface area contributed by atoms with Crippen LogP contribution in [0, 0.1) is 23.2 Å². The number of hydrogen-bond acceptors (Lipinski definition) is 7. The van der Waals surface area contributed by atoms with Gasteiger partial charge in [0.1, 0.15) is 11.7 Å². The molecule has 3 N–H and O–H groups in total. The summed E-state index contributed by atoms with van der Waals surface area (Å²) in [5.41, 5.74) is -0.0875. The molecule has 1 aromatic heterocycles. The van der Waals surface area contributed by atoms with Gasteiger partial charge in [-0.1, -0.05) is 27.7 Å². The zero-order valence-corrected chi connectivity index (χ0v) is 20.9. The van der Waals surface area contributed by atoms with Crippen LogP contribution in [-0.2, 0) is 14.1 Å². The van der Waals surface area contributed by atoms with Gasteiger partial charge in [-0.3, -0.25) is 14.6 Å². The van der Waals surface area contributed by atoms with Gasteiger partial charge >= 0.3 is 7.12 Å². The molecule has 10 heteroatoms. The molecule has 0 spiro atoms. The summed E-state index contributed by atoms with van der Waals surface area (Å²) < 4.78 is 13.0. The Morgan fingerprint density at radius 2 is 1.94 bits per heavy atom. The van der Waals surface area contributed by atoms with Gasteiger partial charge in [0.05, 0.1) is 29.9 Å². The summed E-state index contributed by atoms with van der Waals surface area (Å²) in [5.74, 6) is -0.159. The number of rotatable bonds is 8. The van der Waals surface area contributed by atoms with Crippen LogP contribution in [0.25, 0.3) is 0 Å². The zero-order chi connectivity index (χ0) is 24.8. The van der Waals surface area contributed by atoms with Crippen LogP contribution in [-0.4, -0.2) is 63.8 Å². The van der Waals surface area contributed by atoms with Crippen molar-refractivity contribution in [1.29, 1.82) is 0 Å². The molecule has 3 aliphatic carbocycles. The lowest BCUT2D eigenvalue weighted by Gasteiger charge is -2.64. The van der Waals surface area contributed by atoms with Crippen molar-refractivity contribution in [3.63, 3.8) is 0 Å². The van der Waals surface area contributed by atoms with Crippen LogP contribution >= 0.6 is 0 Å². The third kappa shape index (κ3) is 4.47. The molecule has 3 saturated carbocycles. The first kappa shape index (κ1) is 25.1. The summed E-state index contributed by atoms with van der Waals surface area (Å²) in [6.07, 6.45) is 5.80. The first-order valence-electron chi connectivity index (χ1n) is 12.3. The summed E-state index contributed by atoms with van der Waals surface area (Å²) in [6, 6.07) is -1.16. The number of aromatic nitrogens is 2. The number of nitrogens with zero attached hydrogens (tertiary/aromatic N) is 2. The summed E-state index contributed by atoms with van der Waals surface area (Å²) in [5, 5.41) is 15.9. The molecule has 4 aliphatic rings. The third-order valence-corrected chi connectivity index (χ3v) is 8.20. The fourth-order valence-electron chi connectivity index (χ4n) is 6.13. The minimum absolute atomic E-state index is 0.00441. The minimum atomic E-state index is -1.16. The van der Waals surface area contributed by atoms with Gasteiger partial charge < -0.3 is 25.0 Å². The van der Waals surface area contributed by atoms with E-state index in [2.05, 4.69) is 55.2 Å². The Kier molecular flexibility index (Phi) is 6.79. The molecule has 5 rings (SSSR count). The molecule has 1 saturated heterocycles. The minimum Gasteiger partial charge on any atom is -0.404 e. The number of amides is 2. The molecule has 0 aromatic carbocycles. The van der Waals surface area contributed by atoms with Crippen molar-refractivity contribution in [2.75, 3.05) is 0 Å². The molecule has 4 fully saturated rings. The van der Waals surface area contributed by atoms with E-state index in [9.17, 15) is 14.7 Å². The van der Waals surface area contributed by atoms with Crippen LogP contribution in [0.4, 0.5) is 0 Å². The van der Waals surface area contributed by atoms with E-state index in [1.165, 1.54) is 25.5 Å². The number of carbonyl (C=O) groups excluding carboxylic acids is 2. The van der Waals surface area contributed by atoms with Crippen LogP contribution in [0.5, 0.6) is 0 Å². The lowest BCUT2D eigenvalue weighted by atomic mass is 9.43. The first-order chi connectivity index (χ1) is 15.9. The van der Waals surface area contributed by atoms with Crippen LogP contribution in [0.1, 0.15) is 71.3 Å². The van der Waals surface area contributed by atoms with Gasteiger partial charge in [-0.25, -0.2) is 4.98 Å². The highest BCUT2D eigenvalue weighted by Crippen LogP contribution is 2.65. The topological polar surface area (TPSA) is 123 Å². The molecule has 0 unspecified atom stereocenters. The fourth-order valence-corrected chi connectivity index (χ4v) is 6.13. The number of carbonyl (C=O) groups is 2. The van der Waals surface area contributed by atoms with E-state index in [4.69, 9.17) is 9.31 Å². The van der Waals surface area contributed by atoms with E-state index in [1.54, 1.807) is 0 Å². The Hall–Kier alpha value is -2.04. The molecule has 2 heterocycles. The molecule has 7 atom stereocenters. The Labute approximate surface area is 201 Å². The summed E-state index contributed by atoms with van der Waals surface area (Å²) >= 11 is 0. The molecule has 186 valence electrons. The van der Waals surface area contributed by atoms with Crippen molar-refractivity contribution >= 4 is 18.9 Å². The highest BCUT2D eigenvalue weighted by atomic mass is 16.7. The van der Waals surface area contributed by atoms with Gasteiger partial charge in [0.25, 0.3) is 5.91 Å². The quantitative estimate of drug-likeness (QED) is 0.493. The summed E-state index contributed by atoms with van der Waals surface area (Å²) in [6.45, 7) is 12.4. The second kappa shape index (κ2) is 9.20. The van der Waals surface area contributed by atoms with Crippen LogP contribution < -0.4 is 10.6 Å². The van der Waals surface area contributed by atoms with Crippen molar-refractivity contribution < 1.29 is 24.0 Å². The molecule has 2 amide bonds. The van der Waals surface area contributed by atoms with Crippen LogP contribution in [0.2, 0.25) is 0 Å². The van der Waals surface area contributed by atoms with Crippen molar-refractivity contribution in [3.8, 4) is 0 Å². The van der Waals surface area contributed by atoms with Crippen molar-refractivity contribution in [2.45, 2.75) is 90.6 Å². The molecular formula is C24H37BN4O5. The van der Waals surface area contributed by atoms with Gasteiger partial charge in [-0.2, -0.15) is 0 Å². The maximum absolute atomic E-state index is 13.2. The zero-order valence-electron chi connectivity index (χ0n) is 20.9. The molecule has 0 radical (unpaired) electrons. The monoisotopic (exact) mass is 472 g/mol. The molecule has 1 aliphatic heterocycles. The van der Waals surface area contributed by atoms with Crippen LogP contribution in [0.3, 0.4) is 0 Å². The van der Waals surface area contributed by atoms with E-state index in [-0.39, 0.29) is 28.7 Å². The Morgan fingerprint density at radius 3 is 2.53 bits per heavy atom. The SMILES string of the molecule is CC(C)C[C@H](NC(=O)[C@@H](NC(=O)c1cnccn1)[C@@H](C)O)B1O[C@@H]2C[C@H]3C[C@H](C3(C)C)[C@]2(C)O1. The molecule has 2 bridgehead atoms. The number of aliphatic hydroxyl groups is 1. The standard InChI is InChI=1S/C24H37BN4O5/c1-13(2)9-19(25-33-18-11-15-10-17(23(15,4)5)24(18,6)34-25)28-22(32)20(14(3)30)29-21(31)16-12-26-7-8-27-16/h7-8,12-15,17-20,30H,9-11H2,1-6H3,(H,28,32)(H,29,31)/t14-,15-,17-,18-,19+,20+,24+/m1/s1. The van der Waals surface area contributed by atoms with Gasteiger partial charge in [0, 0.05) is 12.4 Å². The predicted octanol–water partition coefficient (Wildman–Crippen LogP) is 1.75. The normalized spacial score (nSPS) is 31.8. The van der Waals surface area contributed by atoms with Crippen LogP contribution in [0.15, 0.2) is 18.6 Å². The molecule has 34 heavy (non-hydrogen) atoms. The van der Waals surface area contributed by atoms with Gasteiger partial charge in [0.2, 0.25) is 5.91 Å². The molecular weight excluding hydrogens is 435 g/mol. The summed E-state index contributed by atoms with van der Waals surface area (Å²) in [7, 11) is -0.582. The fraction of sp³-hybridized carbons (Fsp3) is 0.750. The van der Waals surface area contributed by atoms with E-state index in [1.807, 2.05) is 0 Å². The lowest BCUT2D eigenvalue weighted by Crippen LogP contribution is -2.65. The van der Waals surface area contributed by atoms with Gasteiger partial charge in [-0.15, -0.1) is 0 Å². The van der Waals surface area contributed by atoms with E-state index in [0.29, 0.717) is 18.3 Å². The lowest BCUT2D eigenvalue weighted by molar-refractivity contribution is -0.199. The highest BCUT2D eigenvalue weighted by molar-refractivity contribution is 6.48. The van der Waals surface area contributed by atoms with E-state index in [0.717, 1.165) is 12.8 Å². The highest BCUT2D eigenvalue weighted by Gasteiger charge is 2.68. The summed E-state index contributed by atoms with van der Waals surface area (Å²) in [4.78, 5) is 33.6. The second-order valence-electron chi connectivity index (χ2n) is 11.4. The van der Waals surface area contributed by atoms with E-state index < -0.39 is 37.0 Å². The van der Waals surface area contributed by atoms with E-state index >= 15 is 0 Å². The predicted molar refractivity (Wildman–Crippen MR) is 126 cm³/mol. The van der Waals surface area contributed by atoms with Gasteiger partial charge in [-0.05, 0) is 56.3 Å². The number of hydrogen-bond donors (Lipinski definition) is 3. The number of nitrogens with one attached hydrogen (secondary N) is 2. The maximum atomic E-state index is 13.2. The Morgan fingerprint density at radius 1 is 1.21 bits per heavy atom. The Balaban J connectivity index is 1.47. The maximum Gasteiger partial charge on any atom is 0.481 e. The smallest absolute Gasteiger partial charge is 0.404 e. The van der Waals surface area contributed by atoms with Crippen molar-refractivity contribution in [1.82, 2.24) is 20.6 Å². The third-order valence-electron chi connectivity index (χ3n) is 8.20. The molecule has 9 nitrogen and oxygen atoms in total. The second-order valence-corrected chi connectivity index (χ2v) is 11.4. The van der Waals surface area contributed by atoms with Crippen molar-refractivity contribution in [3.05, 3.63) is 24.3 Å². The average molecular weight is 472 g/mol. The Bertz CT molecular complexity index is 914. The number of aliphatic hydroxyl groups excluding tert-OH is 1. The van der Waals surface area contributed by atoms with Crippen molar-refractivity contribution in [2.24, 2.45) is 23.2 Å². The molecule has 1 aromatic rings.